The average molecular weight is 582 g/mol. The van der Waals surface area contributed by atoms with Crippen LogP contribution in [0.4, 0.5) is 9.52 Å². The Kier molecular flexibility index (Phi) is 7.30. The van der Waals surface area contributed by atoms with Gasteiger partial charge in [-0.2, -0.15) is 0 Å². The molecule has 1 saturated heterocycles. The first-order valence-electron chi connectivity index (χ1n) is 15.5. The van der Waals surface area contributed by atoms with E-state index in [2.05, 4.69) is 17.0 Å². The zero-order valence-electron chi connectivity index (χ0n) is 24.1. The van der Waals surface area contributed by atoms with Crippen molar-refractivity contribution in [2.24, 2.45) is 5.41 Å². The molecule has 1 spiro atoms. The normalized spacial score (nSPS) is 24.0. The molecular formula is C32H40FN3O4S. The highest BCUT2D eigenvalue weighted by atomic mass is 32.1. The predicted octanol–water partition coefficient (Wildman–Crippen LogP) is 7.88. The first-order chi connectivity index (χ1) is 20.0. The van der Waals surface area contributed by atoms with E-state index in [1.54, 1.807) is 6.07 Å². The van der Waals surface area contributed by atoms with Crippen LogP contribution in [0.15, 0.2) is 16.7 Å². The van der Waals surface area contributed by atoms with Gasteiger partial charge in [0.25, 0.3) is 0 Å². The topological polar surface area (TPSA) is 77.7 Å². The molecule has 1 aliphatic heterocycles. The second kappa shape index (κ2) is 11.0. The summed E-state index contributed by atoms with van der Waals surface area (Å²) in [5.41, 5.74) is 3.58. The SMILES string of the molecule is CCC1CC[C@@H](CCOCc2c(C3CCC4(CC3)CC4)noc2C2CC2)N1c1nc2c(F)cc(C(=O)OC)cc2s1. The molecule has 4 fully saturated rings. The first-order valence-corrected chi connectivity index (χ1v) is 16.3. The lowest BCUT2D eigenvalue weighted by Gasteiger charge is -2.29. The Morgan fingerprint density at radius 1 is 1.10 bits per heavy atom. The van der Waals surface area contributed by atoms with Crippen molar-refractivity contribution in [2.75, 3.05) is 18.6 Å². The number of carbonyl (C=O) groups is 1. The van der Waals surface area contributed by atoms with E-state index in [9.17, 15) is 9.18 Å². The minimum Gasteiger partial charge on any atom is -0.465 e. The van der Waals surface area contributed by atoms with Crippen molar-refractivity contribution in [1.29, 1.82) is 0 Å². The van der Waals surface area contributed by atoms with Crippen LogP contribution >= 0.6 is 11.3 Å². The molecule has 2 aromatic heterocycles. The fraction of sp³-hybridized carbons (Fsp3) is 0.656. The van der Waals surface area contributed by atoms with E-state index in [4.69, 9.17) is 19.0 Å². The lowest BCUT2D eigenvalue weighted by atomic mass is 9.77. The minimum atomic E-state index is -0.542. The highest BCUT2D eigenvalue weighted by Gasteiger charge is 2.46. The second-order valence-electron chi connectivity index (χ2n) is 12.8. The summed E-state index contributed by atoms with van der Waals surface area (Å²) in [6.45, 7) is 3.41. The number of fused-ring (bicyclic) bond motifs is 1. The summed E-state index contributed by atoms with van der Waals surface area (Å²) in [6, 6.07) is 3.54. The van der Waals surface area contributed by atoms with Crippen LogP contribution in [0.25, 0.3) is 10.2 Å². The van der Waals surface area contributed by atoms with Gasteiger partial charge in [-0.25, -0.2) is 14.2 Å². The quantitative estimate of drug-likeness (QED) is 0.178. The standard InChI is InChI=1S/C32H40FN3O4S/c1-3-22-6-7-23(36(22)31-34-28-25(33)16-21(30(37)38-2)17-26(28)41-31)10-15-39-18-24-27(35-40-29(24)20-4-5-20)19-8-11-32(12-9-19)13-14-32/h16-17,19-20,22-23H,3-15,18H2,1-2H3/t22?,23-/m0/s1. The van der Waals surface area contributed by atoms with Crippen LogP contribution in [0.2, 0.25) is 0 Å². The number of carbonyl (C=O) groups excluding carboxylic acids is 1. The van der Waals surface area contributed by atoms with Gasteiger partial charge in [-0.1, -0.05) is 23.4 Å². The molecule has 4 aliphatic rings. The molecule has 3 aromatic rings. The van der Waals surface area contributed by atoms with Crippen molar-refractivity contribution in [3.63, 3.8) is 0 Å². The van der Waals surface area contributed by atoms with Gasteiger partial charge in [0.05, 0.1) is 29.7 Å². The summed E-state index contributed by atoms with van der Waals surface area (Å²) < 4.78 is 32.7. The number of hydrogen-bond acceptors (Lipinski definition) is 8. The Bertz CT molecular complexity index is 1420. The maximum atomic E-state index is 14.9. The largest absolute Gasteiger partial charge is 0.465 e. The van der Waals surface area contributed by atoms with Gasteiger partial charge < -0.3 is 18.9 Å². The smallest absolute Gasteiger partial charge is 0.338 e. The van der Waals surface area contributed by atoms with Gasteiger partial charge in [-0.15, -0.1) is 0 Å². The van der Waals surface area contributed by atoms with Gasteiger partial charge in [-0.3, -0.25) is 0 Å². The number of anilines is 1. The molecule has 0 radical (unpaired) electrons. The van der Waals surface area contributed by atoms with Gasteiger partial charge in [0.15, 0.2) is 10.9 Å². The first kappa shape index (κ1) is 27.3. The van der Waals surface area contributed by atoms with Crippen LogP contribution in [0.1, 0.15) is 123 Å². The van der Waals surface area contributed by atoms with Gasteiger partial charge in [0.2, 0.25) is 0 Å². The average Bonchev–Trinajstić information content (AvgIpc) is 3.82. The predicted molar refractivity (Wildman–Crippen MR) is 156 cm³/mol. The molecule has 0 N–H and O–H groups in total. The molecule has 3 heterocycles. The molecule has 220 valence electrons. The summed E-state index contributed by atoms with van der Waals surface area (Å²) >= 11 is 1.45. The van der Waals surface area contributed by atoms with Gasteiger partial charge >= 0.3 is 5.97 Å². The van der Waals surface area contributed by atoms with E-state index in [1.165, 1.54) is 87.1 Å². The molecule has 1 aromatic carbocycles. The summed E-state index contributed by atoms with van der Waals surface area (Å²) in [5, 5.41) is 5.44. The van der Waals surface area contributed by atoms with E-state index in [-0.39, 0.29) is 11.6 Å². The highest BCUT2D eigenvalue weighted by molar-refractivity contribution is 7.22. The molecule has 0 bridgehead atoms. The number of methoxy groups -OCH3 is 1. The number of nitrogens with zero attached hydrogens (tertiary/aromatic N) is 3. The summed E-state index contributed by atoms with van der Waals surface area (Å²) in [6.07, 6.45) is 14.3. The number of halogens is 1. The van der Waals surface area contributed by atoms with Crippen molar-refractivity contribution in [3.05, 3.63) is 40.5 Å². The number of thiazole rings is 1. The molecule has 7 rings (SSSR count). The zero-order valence-corrected chi connectivity index (χ0v) is 24.9. The maximum Gasteiger partial charge on any atom is 0.338 e. The second-order valence-corrected chi connectivity index (χ2v) is 13.8. The summed E-state index contributed by atoms with van der Waals surface area (Å²) in [4.78, 5) is 19.1. The molecule has 7 nitrogen and oxygen atoms in total. The molecule has 0 amide bonds. The zero-order chi connectivity index (χ0) is 28.1. The summed E-state index contributed by atoms with van der Waals surface area (Å²) in [7, 11) is 1.31. The lowest BCUT2D eigenvalue weighted by Crippen LogP contribution is -2.36. The van der Waals surface area contributed by atoms with E-state index >= 15 is 0 Å². The van der Waals surface area contributed by atoms with Crippen molar-refractivity contribution in [3.8, 4) is 0 Å². The Morgan fingerprint density at radius 2 is 1.88 bits per heavy atom. The third-order valence-electron chi connectivity index (χ3n) is 10.2. The van der Waals surface area contributed by atoms with Crippen LogP contribution < -0.4 is 4.90 Å². The van der Waals surface area contributed by atoms with E-state index < -0.39 is 11.8 Å². The molecule has 9 heteroatoms. The van der Waals surface area contributed by atoms with Crippen molar-refractivity contribution >= 4 is 32.7 Å². The number of hydrogen-bond donors (Lipinski definition) is 0. The molecule has 41 heavy (non-hydrogen) atoms. The fourth-order valence-corrected chi connectivity index (χ4v) is 8.48. The third-order valence-corrected chi connectivity index (χ3v) is 11.2. The third kappa shape index (κ3) is 5.29. The number of aromatic nitrogens is 2. The van der Waals surface area contributed by atoms with Crippen LogP contribution in [0, 0.1) is 11.2 Å². The Morgan fingerprint density at radius 3 is 2.59 bits per heavy atom. The van der Waals surface area contributed by atoms with Gasteiger partial charge in [0.1, 0.15) is 11.3 Å². The molecule has 2 atom stereocenters. The molecular weight excluding hydrogens is 541 g/mol. The maximum absolute atomic E-state index is 14.9. The molecule has 3 saturated carbocycles. The van der Waals surface area contributed by atoms with Crippen LogP contribution in [-0.2, 0) is 16.1 Å². The van der Waals surface area contributed by atoms with Gasteiger partial charge in [0, 0.05) is 36.1 Å². The van der Waals surface area contributed by atoms with Crippen LogP contribution in [-0.4, -0.2) is 41.9 Å². The van der Waals surface area contributed by atoms with E-state index in [1.807, 2.05) is 0 Å². The number of rotatable bonds is 10. The number of esters is 1. The van der Waals surface area contributed by atoms with Crippen LogP contribution in [0.3, 0.4) is 0 Å². The lowest BCUT2D eigenvalue weighted by molar-refractivity contribution is 0.0600. The minimum absolute atomic E-state index is 0.213. The molecule has 1 unspecified atom stereocenters. The fourth-order valence-electron chi connectivity index (χ4n) is 7.32. The van der Waals surface area contributed by atoms with Gasteiger partial charge in [-0.05, 0) is 94.6 Å². The molecule has 3 aliphatic carbocycles. The van der Waals surface area contributed by atoms with Crippen molar-refractivity contribution < 1.29 is 23.2 Å². The van der Waals surface area contributed by atoms with E-state index in [0.717, 1.165) is 36.6 Å². The number of ether oxygens (including phenoxy) is 2. The Balaban J connectivity index is 1.03. The van der Waals surface area contributed by atoms with E-state index in [0.29, 0.717) is 46.7 Å². The highest BCUT2D eigenvalue weighted by Crippen LogP contribution is 2.59. The monoisotopic (exact) mass is 581 g/mol. The van der Waals surface area contributed by atoms with Crippen LogP contribution in [0.5, 0.6) is 0 Å². The Labute approximate surface area is 244 Å². The van der Waals surface area contributed by atoms with Crippen molar-refractivity contribution in [1.82, 2.24) is 10.1 Å². The number of benzene rings is 1. The van der Waals surface area contributed by atoms with Crippen molar-refractivity contribution in [2.45, 2.75) is 114 Å². The summed E-state index contributed by atoms with van der Waals surface area (Å²) in [5.74, 6) is 1.07. The Hall–Kier alpha value is -2.52.